The number of amides is 1. The Morgan fingerprint density at radius 1 is 1.40 bits per heavy atom. The fraction of sp³-hybridized carbons (Fsp3) is 0.750. The lowest BCUT2D eigenvalue weighted by Gasteiger charge is -2.20. The standard InChI is InChI=1S/C16H25N3O/c1-10(2)19-8-11(3)15(9-19)18-16(20)14-6-13(7-17-14)12-4-5-12/h7,10-12,15H,4-6,8-9H2,1-3H3,(H,18,20)/t11-,15+/m0/s1. The molecule has 2 atom stereocenters. The second-order valence-electron chi connectivity index (χ2n) is 6.84. The summed E-state index contributed by atoms with van der Waals surface area (Å²) < 4.78 is 0. The molecule has 4 heteroatoms. The normalized spacial score (nSPS) is 30.6. The van der Waals surface area contributed by atoms with Gasteiger partial charge in [-0.25, -0.2) is 0 Å². The van der Waals surface area contributed by atoms with Gasteiger partial charge in [-0.05, 0) is 44.1 Å². The molecule has 2 aliphatic heterocycles. The minimum absolute atomic E-state index is 0.0411. The molecule has 0 aromatic carbocycles. The summed E-state index contributed by atoms with van der Waals surface area (Å²) in [6.45, 7) is 8.67. The first-order chi connectivity index (χ1) is 9.54. The van der Waals surface area contributed by atoms with Crippen LogP contribution in [-0.4, -0.2) is 41.7 Å². The number of likely N-dealkylation sites (tertiary alicyclic amines) is 1. The predicted octanol–water partition coefficient (Wildman–Crippen LogP) is 1.97. The highest BCUT2D eigenvalue weighted by atomic mass is 16.2. The average molecular weight is 275 g/mol. The van der Waals surface area contributed by atoms with E-state index in [1.807, 2.05) is 6.20 Å². The van der Waals surface area contributed by atoms with Crippen molar-refractivity contribution in [1.82, 2.24) is 10.2 Å². The second kappa shape index (κ2) is 5.32. The van der Waals surface area contributed by atoms with Crippen molar-refractivity contribution in [3.05, 3.63) is 11.8 Å². The van der Waals surface area contributed by atoms with Crippen LogP contribution in [0.15, 0.2) is 16.8 Å². The van der Waals surface area contributed by atoms with Crippen LogP contribution in [0.5, 0.6) is 0 Å². The Bertz CT molecular complexity index is 462. The van der Waals surface area contributed by atoms with Crippen molar-refractivity contribution in [2.24, 2.45) is 16.8 Å². The average Bonchev–Trinajstić information content (AvgIpc) is 3.01. The molecule has 0 aromatic heterocycles. The molecular weight excluding hydrogens is 250 g/mol. The van der Waals surface area contributed by atoms with Gasteiger partial charge in [0.2, 0.25) is 0 Å². The number of carbonyl (C=O) groups is 1. The first-order valence-corrected chi connectivity index (χ1v) is 7.85. The molecule has 0 bridgehead atoms. The number of nitrogens with one attached hydrogen (secondary N) is 1. The molecule has 1 saturated heterocycles. The van der Waals surface area contributed by atoms with Gasteiger partial charge in [-0.1, -0.05) is 6.92 Å². The van der Waals surface area contributed by atoms with Crippen LogP contribution in [0, 0.1) is 11.8 Å². The monoisotopic (exact) mass is 275 g/mol. The predicted molar refractivity (Wildman–Crippen MR) is 80.7 cm³/mol. The summed E-state index contributed by atoms with van der Waals surface area (Å²) in [7, 11) is 0. The van der Waals surface area contributed by atoms with Crippen LogP contribution in [0.2, 0.25) is 0 Å². The van der Waals surface area contributed by atoms with Gasteiger partial charge in [-0.15, -0.1) is 0 Å². The van der Waals surface area contributed by atoms with Crippen molar-refractivity contribution in [2.45, 2.75) is 52.1 Å². The Hall–Kier alpha value is -1.16. The molecule has 0 spiro atoms. The molecule has 2 fully saturated rings. The quantitative estimate of drug-likeness (QED) is 0.852. The zero-order valence-electron chi connectivity index (χ0n) is 12.7. The van der Waals surface area contributed by atoms with Crippen molar-refractivity contribution < 1.29 is 4.79 Å². The summed E-state index contributed by atoms with van der Waals surface area (Å²) in [5, 5.41) is 3.19. The van der Waals surface area contributed by atoms with Gasteiger partial charge in [0.25, 0.3) is 5.91 Å². The summed E-state index contributed by atoms with van der Waals surface area (Å²) in [4.78, 5) is 19.1. The van der Waals surface area contributed by atoms with E-state index in [0.717, 1.165) is 19.5 Å². The highest BCUT2D eigenvalue weighted by Gasteiger charge is 2.34. The van der Waals surface area contributed by atoms with E-state index >= 15 is 0 Å². The molecule has 0 radical (unpaired) electrons. The largest absolute Gasteiger partial charge is 0.347 e. The number of carbonyl (C=O) groups excluding carboxylic acids is 1. The maximum Gasteiger partial charge on any atom is 0.266 e. The number of aliphatic imine (C=N–C) groups is 1. The third kappa shape index (κ3) is 2.80. The highest BCUT2D eigenvalue weighted by molar-refractivity contribution is 6.40. The lowest BCUT2D eigenvalue weighted by Crippen LogP contribution is -2.43. The van der Waals surface area contributed by atoms with Gasteiger partial charge in [-0.3, -0.25) is 14.7 Å². The van der Waals surface area contributed by atoms with Crippen LogP contribution in [0.4, 0.5) is 0 Å². The fourth-order valence-corrected chi connectivity index (χ4v) is 3.15. The van der Waals surface area contributed by atoms with E-state index in [4.69, 9.17) is 0 Å². The third-order valence-corrected chi connectivity index (χ3v) is 4.81. The highest BCUT2D eigenvalue weighted by Crippen LogP contribution is 2.39. The Labute approximate surface area is 121 Å². The van der Waals surface area contributed by atoms with Crippen LogP contribution < -0.4 is 5.32 Å². The van der Waals surface area contributed by atoms with Gasteiger partial charge in [-0.2, -0.15) is 0 Å². The van der Waals surface area contributed by atoms with Gasteiger partial charge in [0.05, 0.1) is 0 Å². The van der Waals surface area contributed by atoms with Crippen molar-refractivity contribution in [2.75, 3.05) is 13.1 Å². The number of hydrogen-bond acceptors (Lipinski definition) is 3. The van der Waals surface area contributed by atoms with Crippen molar-refractivity contribution in [3.63, 3.8) is 0 Å². The lowest BCUT2D eigenvalue weighted by atomic mass is 10.0. The molecule has 0 aromatic rings. The van der Waals surface area contributed by atoms with E-state index in [2.05, 4.69) is 36.0 Å². The lowest BCUT2D eigenvalue weighted by molar-refractivity contribution is -0.115. The molecule has 1 amide bonds. The van der Waals surface area contributed by atoms with E-state index in [9.17, 15) is 4.79 Å². The van der Waals surface area contributed by atoms with Gasteiger partial charge in [0.15, 0.2) is 0 Å². The minimum atomic E-state index is 0.0411. The van der Waals surface area contributed by atoms with Crippen LogP contribution >= 0.6 is 0 Å². The van der Waals surface area contributed by atoms with Gasteiger partial charge in [0, 0.05) is 37.8 Å². The first kappa shape index (κ1) is 13.8. The van der Waals surface area contributed by atoms with E-state index in [1.165, 1.54) is 18.4 Å². The molecule has 110 valence electrons. The summed E-state index contributed by atoms with van der Waals surface area (Å²) in [6.07, 6.45) is 5.25. The van der Waals surface area contributed by atoms with Crippen LogP contribution in [0.3, 0.4) is 0 Å². The number of hydrogen-bond donors (Lipinski definition) is 1. The summed E-state index contributed by atoms with van der Waals surface area (Å²) in [6, 6.07) is 0.809. The Kier molecular flexibility index (Phi) is 3.67. The summed E-state index contributed by atoms with van der Waals surface area (Å²) in [5.74, 6) is 1.27. The van der Waals surface area contributed by atoms with E-state index in [-0.39, 0.29) is 11.9 Å². The topological polar surface area (TPSA) is 44.7 Å². The zero-order chi connectivity index (χ0) is 14.3. The molecule has 1 saturated carbocycles. The molecule has 0 unspecified atom stereocenters. The maximum atomic E-state index is 12.3. The van der Waals surface area contributed by atoms with Crippen molar-refractivity contribution in [1.29, 1.82) is 0 Å². The van der Waals surface area contributed by atoms with E-state index in [1.54, 1.807) is 0 Å². The molecule has 4 nitrogen and oxygen atoms in total. The second-order valence-corrected chi connectivity index (χ2v) is 6.84. The summed E-state index contributed by atoms with van der Waals surface area (Å²) >= 11 is 0. The summed E-state index contributed by atoms with van der Waals surface area (Å²) in [5.41, 5.74) is 2.07. The smallest absolute Gasteiger partial charge is 0.266 e. The van der Waals surface area contributed by atoms with E-state index in [0.29, 0.717) is 23.6 Å². The maximum absolute atomic E-state index is 12.3. The first-order valence-electron chi connectivity index (χ1n) is 7.85. The molecule has 20 heavy (non-hydrogen) atoms. The van der Waals surface area contributed by atoms with Crippen molar-refractivity contribution >= 4 is 11.6 Å². The molecule has 3 rings (SSSR count). The Morgan fingerprint density at radius 2 is 2.15 bits per heavy atom. The van der Waals surface area contributed by atoms with Crippen LogP contribution in [0.25, 0.3) is 0 Å². The van der Waals surface area contributed by atoms with Crippen LogP contribution in [0.1, 0.15) is 40.0 Å². The van der Waals surface area contributed by atoms with Gasteiger partial charge in [0.1, 0.15) is 5.71 Å². The Balaban J connectivity index is 1.52. The molecular formula is C16H25N3O. The molecule has 1 N–H and O–H groups in total. The van der Waals surface area contributed by atoms with Gasteiger partial charge < -0.3 is 5.32 Å². The fourth-order valence-electron chi connectivity index (χ4n) is 3.15. The molecule has 3 aliphatic rings. The van der Waals surface area contributed by atoms with E-state index < -0.39 is 0 Å². The number of rotatable bonds is 4. The molecule has 2 heterocycles. The number of nitrogens with zero attached hydrogens (tertiary/aromatic N) is 2. The Morgan fingerprint density at radius 3 is 2.75 bits per heavy atom. The molecule has 1 aliphatic carbocycles. The zero-order valence-corrected chi connectivity index (χ0v) is 12.7. The minimum Gasteiger partial charge on any atom is -0.347 e. The van der Waals surface area contributed by atoms with Crippen molar-refractivity contribution in [3.8, 4) is 0 Å². The van der Waals surface area contributed by atoms with Crippen LogP contribution in [-0.2, 0) is 4.79 Å². The van der Waals surface area contributed by atoms with Gasteiger partial charge >= 0.3 is 0 Å². The third-order valence-electron chi connectivity index (χ3n) is 4.81. The SMILES string of the molecule is CC(C)N1C[C@H](C)[C@H](NC(=O)C2=NC=C(C3CC3)C2)C1. The number of allylic oxidation sites excluding steroid dienone is 1.